The zero-order valence-corrected chi connectivity index (χ0v) is 20.3. The van der Waals surface area contributed by atoms with Crippen molar-refractivity contribution in [1.29, 1.82) is 0 Å². The number of hydrogen-bond donors (Lipinski definition) is 1. The topological polar surface area (TPSA) is 93.7 Å². The highest BCUT2D eigenvalue weighted by Gasteiger charge is 2.18. The highest BCUT2D eigenvalue weighted by atomic mass is 35.5. The maximum absolute atomic E-state index is 11.8. The normalized spacial score (nSPS) is 12.0. The molecule has 8 nitrogen and oxygen atoms in total. The van der Waals surface area contributed by atoms with Gasteiger partial charge in [-0.25, -0.2) is 9.97 Å². The van der Waals surface area contributed by atoms with Gasteiger partial charge in [-0.2, -0.15) is 0 Å². The maximum atomic E-state index is 11.8. The second-order valence-electron chi connectivity index (χ2n) is 7.92. The highest BCUT2D eigenvalue weighted by Crippen LogP contribution is 2.36. The molecule has 0 spiro atoms. The summed E-state index contributed by atoms with van der Waals surface area (Å²) >= 11 is 6.43. The van der Waals surface area contributed by atoms with Gasteiger partial charge in [0.1, 0.15) is 17.9 Å². The molecular formula is C24H27ClN4O4. The molecule has 1 heterocycles. The molecule has 174 valence electrons. The quantitative estimate of drug-likeness (QED) is 0.374. The lowest BCUT2D eigenvalue weighted by atomic mass is 10.1. The van der Waals surface area contributed by atoms with Gasteiger partial charge in [-0.05, 0) is 51.1 Å². The van der Waals surface area contributed by atoms with Crippen LogP contribution in [-0.2, 0) is 16.1 Å². The second-order valence-corrected chi connectivity index (χ2v) is 8.33. The van der Waals surface area contributed by atoms with Gasteiger partial charge < -0.3 is 14.8 Å². The van der Waals surface area contributed by atoms with Crippen LogP contribution < -0.4 is 14.8 Å². The maximum Gasteiger partial charge on any atom is 0.308 e. The van der Waals surface area contributed by atoms with Gasteiger partial charge in [0.2, 0.25) is 0 Å². The van der Waals surface area contributed by atoms with Crippen LogP contribution in [0.2, 0.25) is 5.02 Å². The van der Waals surface area contributed by atoms with Crippen molar-refractivity contribution in [1.82, 2.24) is 14.9 Å². The van der Waals surface area contributed by atoms with Crippen molar-refractivity contribution in [2.45, 2.75) is 40.3 Å². The number of ether oxygens (including phenoxy) is 2. The first-order valence-corrected chi connectivity index (χ1v) is 10.8. The van der Waals surface area contributed by atoms with Crippen LogP contribution in [0.5, 0.6) is 11.5 Å². The lowest BCUT2D eigenvalue weighted by molar-refractivity contribution is -0.132. The lowest BCUT2D eigenvalue weighted by Gasteiger charge is -2.24. The number of Topliss-reactive ketones (excluding diaryl/α,β-unsaturated/α-hetero) is 1. The summed E-state index contributed by atoms with van der Waals surface area (Å²) < 4.78 is 10.6. The van der Waals surface area contributed by atoms with E-state index < -0.39 is 5.97 Å². The van der Waals surface area contributed by atoms with E-state index in [0.29, 0.717) is 34.0 Å². The molecule has 1 N–H and O–H groups in total. The van der Waals surface area contributed by atoms with E-state index in [1.54, 1.807) is 19.1 Å². The molecule has 0 aliphatic carbocycles. The smallest absolute Gasteiger partial charge is 0.308 e. The number of carbonyl (C=O) groups excluding carboxylic acids is 2. The van der Waals surface area contributed by atoms with Crippen molar-refractivity contribution in [3.05, 3.63) is 46.7 Å². The van der Waals surface area contributed by atoms with Crippen LogP contribution in [0, 0.1) is 6.92 Å². The monoisotopic (exact) mass is 470 g/mol. The number of esters is 1. The summed E-state index contributed by atoms with van der Waals surface area (Å²) in [5.74, 6) is 0.800. The number of nitrogens with zero attached hydrogens (tertiary/aromatic N) is 3. The van der Waals surface area contributed by atoms with Crippen LogP contribution >= 0.6 is 11.6 Å². The van der Waals surface area contributed by atoms with Crippen LogP contribution in [0.4, 0.5) is 11.5 Å². The van der Waals surface area contributed by atoms with E-state index in [1.165, 1.54) is 20.4 Å². The zero-order chi connectivity index (χ0) is 24.3. The molecule has 1 unspecified atom stereocenters. The summed E-state index contributed by atoms with van der Waals surface area (Å²) in [6.07, 6.45) is 1.44. The van der Waals surface area contributed by atoms with E-state index in [9.17, 15) is 9.59 Å². The Hall–Kier alpha value is -3.23. The second kappa shape index (κ2) is 10.1. The molecule has 0 saturated heterocycles. The third-order valence-electron chi connectivity index (χ3n) is 5.48. The van der Waals surface area contributed by atoms with Gasteiger partial charge in [0.15, 0.2) is 11.5 Å². The minimum Gasteiger partial charge on any atom is -0.493 e. The van der Waals surface area contributed by atoms with Gasteiger partial charge in [0.05, 0.1) is 18.7 Å². The van der Waals surface area contributed by atoms with Crippen molar-refractivity contribution >= 4 is 45.8 Å². The number of methoxy groups -OCH3 is 1. The van der Waals surface area contributed by atoms with Gasteiger partial charge >= 0.3 is 5.97 Å². The van der Waals surface area contributed by atoms with E-state index in [2.05, 4.69) is 15.3 Å². The van der Waals surface area contributed by atoms with Gasteiger partial charge in [0, 0.05) is 35.6 Å². The van der Waals surface area contributed by atoms with E-state index in [-0.39, 0.29) is 17.6 Å². The first-order chi connectivity index (χ1) is 15.6. The largest absolute Gasteiger partial charge is 0.493 e. The van der Waals surface area contributed by atoms with Gasteiger partial charge in [-0.3, -0.25) is 14.5 Å². The fourth-order valence-electron chi connectivity index (χ4n) is 3.39. The van der Waals surface area contributed by atoms with E-state index in [1.807, 2.05) is 37.9 Å². The first-order valence-electron chi connectivity index (χ1n) is 10.4. The van der Waals surface area contributed by atoms with Crippen molar-refractivity contribution in [3.63, 3.8) is 0 Å². The average molecular weight is 471 g/mol. The van der Waals surface area contributed by atoms with Crippen LogP contribution in [0.3, 0.4) is 0 Å². The fraction of sp³-hybridized carbons (Fsp3) is 0.333. The summed E-state index contributed by atoms with van der Waals surface area (Å²) in [6.45, 7) is 7.23. The zero-order valence-electron chi connectivity index (χ0n) is 19.5. The molecule has 33 heavy (non-hydrogen) atoms. The summed E-state index contributed by atoms with van der Waals surface area (Å²) in [5.41, 5.74) is 3.24. The Morgan fingerprint density at radius 3 is 2.52 bits per heavy atom. The number of benzene rings is 2. The molecule has 0 bridgehead atoms. The number of rotatable bonds is 8. The fourth-order valence-corrected chi connectivity index (χ4v) is 3.55. The number of halogens is 1. The van der Waals surface area contributed by atoms with Crippen LogP contribution in [-0.4, -0.2) is 46.8 Å². The Morgan fingerprint density at radius 2 is 1.88 bits per heavy atom. The molecule has 0 aliphatic rings. The van der Waals surface area contributed by atoms with Gasteiger partial charge in [0.25, 0.3) is 0 Å². The number of likely N-dealkylation sites (N-methyl/N-ethyl adjacent to an activating group) is 1. The highest BCUT2D eigenvalue weighted by molar-refractivity contribution is 6.31. The molecule has 3 rings (SSSR count). The number of aromatic nitrogens is 2. The van der Waals surface area contributed by atoms with E-state index in [0.717, 1.165) is 16.8 Å². The third-order valence-corrected chi connectivity index (χ3v) is 5.89. The molecule has 2 aromatic carbocycles. The van der Waals surface area contributed by atoms with E-state index >= 15 is 0 Å². The number of aryl methyl sites for hydroxylation is 1. The molecule has 1 atom stereocenters. The van der Waals surface area contributed by atoms with Crippen molar-refractivity contribution in [2.24, 2.45) is 0 Å². The Bertz CT molecular complexity index is 1210. The summed E-state index contributed by atoms with van der Waals surface area (Å²) in [4.78, 5) is 34.1. The Balaban J connectivity index is 2.07. The SMILES string of the molecule is COc1cc2ncnc(Nc3cc(Cl)c(C)cc3CN(C)C(C)C(C)=O)c2cc1OC(C)=O. The molecule has 0 fully saturated rings. The summed E-state index contributed by atoms with van der Waals surface area (Å²) in [5, 5.41) is 4.59. The molecule has 0 amide bonds. The molecule has 0 saturated carbocycles. The van der Waals surface area contributed by atoms with Crippen molar-refractivity contribution < 1.29 is 19.1 Å². The standard InChI is InChI=1S/C24H27ClN4O4/c1-13-7-17(11-29(5)14(2)15(3)30)20(9-19(13)25)28-24-18-8-23(33-16(4)31)22(32-6)10-21(18)26-12-27-24/h7-10,12,14H,11H2,1-6H3,(H,26,27,28). The van der Waals surface area contributed by atoms with E-state index in [4.69, 9.17) is 21.1 Å². The minimum absolute atomic E-state index is 0.0893. The Kier molecular flexibility index (Phi) is 7.50. The lowest BCUT2D eigenvalue weighted by Crippen LogP contribution is -2.34. The van der Waals surface area contributed by atoms with Crippen LogP contribution in [0.25, 0.3) is 10.9 Å². The Morgan fingerprint density at radius 1 is 1.15 bits per heavy atom. The molecule has 9 heteroatoms. The number of hydrogen-bond acceptors (Lipinski definition) is 8. The summed E-state index contributed by atoms with van der Waals surface area (Å²) in [6, 6.07) is 6.95. The Labute approximate surface area is 197 Å². The molecule has 3 aromatic rings. The van der Waals surface area contributed by atoms with Crippen LogP contribution in [0.1, 0.15) is 31.9 Å². The van der Waals surface area contributed by atoms with Crippen molar-refractivity contribution in [3.8, 4) is 11.5 Å². The molecule has 1 aromatic heterocycles. The van der Waals surface area contributed by atoms with Crippen LogP contribution in [0.15, 0.2) is 30.6 Å². The predicted octanol–water partition coefficient (Wildman–Crippen LogP) is 4.68. The number of ketones is 1. The molecule has 0 radical (unpaired) electrons. The van der Waals surface area contributed by atoms with Gasteiger partial charge in [-0.1, -0.05) is 17.7 Å². The average Bonchev–Trinajstić information content (AvgIpc) is 2.76. The molecular weight excluding hydrogens is 444 g/mol. The molecule has 0 aliphatic heterocycles. The number of carbonyl (C=O) groups is 2. The third kappa shape index (κ3) is 5.58. The number of fused-ring (bicyclic) bond motifs is 1. The number of anilines is 2. The first kappa shape index (κ1) is 24.4. The minimum atomic E-state index is -0.464. The van der Waals surface area contributed by atoms with Crippen molar-refractivity contribution in [2.75, 3.05) is 19.5 Å². The van der Waals surface area contributed by atoms with Gasteiger partial charge in [-0.15, -0.1) is 0 Å². The number of nitrogens with one attached hydrogen (secondary N) is 1. The summed E-state index contributed by atoms with van der Waals surface area (Å²) in [7, 11) is 3.39. The predicted molar refractivity (Wildman–Crippen MR) is 128 cm³/mol.